The van der Waals surface area contributed by atoms with Crippen LogP contribution in [0.25, 0.3) is 10.1 Å². The van der Waals surface area contributed by atoms with Crippen molar-refractivity contribution in [1.82, 2.24) is 9.36 Å². The highest BCUT2D eigenvalue weighted by atomic mass is 32.1. The Balaban J connectivity index is 2.77. The zero-order valence-electron chi connectivity index (χ0n) is 8.03. The van der Waals surface area contributed by atoms with Gasteiger partial charge in [-0.2, -0.15) is 4.37 Å². The molecule has 2 aromatic rings. The molecule has 0 spiro atoms. The summed E-state index contributed by atoms with van der Waals surface area (Å²) in [4.78, 5) is 4.54. The molecule has 0 aliphatic rings. The molecule has 0 unspecified atom stereocenters. The van der Waals surface area contributed by atoms with Gasteiger partial charge >= 0.3 is 0 Å². The molecule has 0 saturated carbocycles. The number of pyridine rings is 1. The third-order valence-corrected chi connectivity index (χ3v) is 2.80. The number of aromatic nitrogens is 2. The van der Waals surface area contributed by atoms with E-state index in [1.807, 2.05) is 13.1 Å². The van der Waals surface area contributed by atoms with Crippen molar-refractivity contribution < 1.29 is 0 Å². The molecule has 0 amide bonds. The van der Waals surface area contributed by atoms with E-state index in [0.717, 1.165) is 5.69 Å². The van der Waals surface area contributed by atoms with Crippen molar-refractivity contribution in [3.05, 3.63) is 23.7 Å². The van der Waals surface area contributed by atoms with Gasteiger partial charge in [-0.25, -0.2) is 0 Å². The summed E-state index contributed by atoms with van der Waals surface area (Å²) < 4.78 is 5.43. The standard InChI is InChI=1S/C10H12N2S/c1-6(2)10-8-5-11-13-9(8)4-7(3)12-10/h4-6H,1-3H3. The average molecular weight is 192 g/mol. The number of rotatable bonds is 1. The van der Waals surface area contributed by atoms with E-state index in [4.69, 9.17) is 0 Å². The smallest absolute Gasteiger partial charge is 0.0586 e. The molecule has 68 valence electrons. The number of fused-ring (bicyclic) bond motifs is 1. The maximum absolute atomic E-state index is 4.54. The third kappa shape index (κ3) is 1.44. The van der Waals surface area contributed by atoms with Crippen LogP contribution in [-0.2, 0) is 0 Å². The summed E-state index contributed by atoms with van der Waals surface area (Å²) >= 11 is 1.54. The molecule has 13 heavy (non-hydrogen) atoms. The zero-order chi connectivity index (χ0) is 9.42. The Bertz CT molecular complexity index is 431. The van der Waals surface area contributed by atoms with Crippen molar-refractivity contribution in [3.8, 4) is 0 Å². The Morgan fingerprint density at radius 1 is 1.38 bits per heavy atom. The van der Waals surface area contributed by atoms with Crippen molar-refractivity contribution in [2.45, 2.75) is 26.7 Å². The van der Waals surface area contributed by atoms with Crippen molar-refractivity contribution >= 4 is 21.6 Å². The maximum atomic E-state index is 4.54. The van der Waals surface area contributed by atoms with E-state index >= 15 is 0 Å². The molecule has 0 aliphatic carbocycles. The molecule has 2 nitrogen and oxygen atoms in total. The van der Waals surface area contributed by atoms with E-state index in [2.05, 4.69) is 29.3 Å². The molecule has 2 heterocycles. The minimum atomic E-state index is 0.471. The Morgan fingerprint density at radius 3 is 2.85 bits per heavy atom. The molecule has 0 aromatic carbocycles. The van der Waals surface area contributed by atoms with Gasteiger partial charge < -0.3 is 0 Å². The van der Waals surface area contributed by atoms with Crippen LogP contribution < -0.4 is 0 Å². The summed E-state index contributed by atoms with van der Waals surface area (Å²) in [5.74, 6) is 0.471. The van der Waals surface area contributed by atoms with E-state index in [0.29, 0.717) is 5.92 Å². The number of hydrogen-bond donors (Lipinski definition) is 0. The quantitative estimate of drug-likeness (QED) is 0.693. The van der Waals surface area contributed by atoms with Gasteiger partial charge in [0.25, 0.3) is 0 Å². The van der Waals surface area contributed by atoms with Gasteiger partial charge in [0, 0.05) is 11.1 Å². The topological polar surface area (TPSA) is 25.8 Å². The second-order valence-electron chi connectivity index (χ2n) is 3.54. The second-order valence-corrected chi connectivity index (χ2v) is 4.37. The SMILES string of the molecule is Cc1cc2sncc2c(C(C)C)n1. The molecule has 0 aliphatic heterocycles. The molecule has 3 heteroatoms. The molecular weight excluding hydrogens is 180 g/mol. The molecule has 0 N–H and O–H groups in total. The maximum Gasteiger partial charge on any atom is 0.0586 e. The minimum Gasteiger partial charge on any atom is -0.257 e. The molecule has 0 bridgehead atoms. The van der Waals surface area contributed by atoms with Crippen molar-refractivity contribution in [2.75, 3.05) is 0 Å². The Labute approximate surface area is 81.8 Å². The average Bonchev–Trinajstić information content (AvgIpc) is 2.49. The van der Waals surface area contributed by atoms with Crippen molar-refractivity contribution in [2.24, 2.45) is 0 Å². The van der Waals surface area contributed by atoms with Crippen molar-refractivity contribution in [3.63, 3.8) is 0 Å². The third-order valence-electron chi connectivity index (χ3n) is 2.06. The van der Waals surface area contributed by atoms with Crippen LogP contribution in [0.5, 0.6) is 0 Å². The number of hydrogen-bond acceptors (Lipinski definition) is 3. The number of nitrogens with zero attached hydrogens (tertiary/aromatic N) is 2. The first-order chi connectivity index (χ1) is 6.18. The first-order valence-corrected chi connectivity index (χ1v) is 5.17. The van der Waals surface area contributed by atoms with Crippen molar-refractivity contribution in [1.29, 1.82) is 0 Å². The Hall–Kier alpha value is -0.960. The number of aryl methyl sites for hydroxylation is 1. The summed E-state index contributed by atoms with van der Waals surface area (Å²) in [5, 5.41) is 1.21. The van der Waals surface area contributed by atoms with E-state index in [1.54, 1.807) is 11.5 Å². The summed E-state index contributed by atoms with van der Waals surface area (Å²) in [5.41, 5.74) is 2.25. The second kappa shape index (κ2) is 3.07. The summed E-state index contributed by atoms with van der Waals surface area (Å²) in [6, 6.07) is 2.10. The normalized spacial score (nSPS) is 11.4. The van der Waals surface area contributed by atoms with E-state index in [9.17, 15) is 0 Å². The highest BCUT2D eigenvalue weighted by molar-refractivity contribution is 7.13. The van der Waals surface area contributed by atoms with E-state index < -0.39 is 0 Å². The molecule has 2 rings (SSSR count). The fourth-order valence-electron chi connectivity index (χ4n) is 1.46. The van der Waals surface area contributed by atoms with Gasteiger partial charge in [-0.1, -0.05) is 13.8 Å². The lowest BCUT2D eigenvalue weighted by Gasteiger charge is -2.06. The molecule has 2 aromatic heterocycles. The van der Waals surface area contributed by atoms with E-state index in [-0.39, 0.29) is 0 Å². The zero-order valence-corrected chi connectivity index (χ0v) is 8.85. The van der Waals surface area contributed by atoms with Gasteiger partial charge in [-0.15, -0.1) is 0 Å². The highest BCUT2D eigenvalue weighted by Crippen LogP contribution is 2.26. The molecular formula is C10H12N2S. The lowest BCUT2D eigenvalue weighted by Crippen LogP contribution is -1.94. The van der Waals surface area contributed by atoms with Gasteiger partial charge in [-0.05, 0) is 30.4 Å². The Morgan fingerprint density at radius 2 is 2.15 bits per heavy atom. The first-order valence-electron chi connectivity index (χ1n) is 4.40. The van der Waals surface area contributed by atoms with Gasteiger partial charge in [0.15, 0.2) is 0 Å². The molecule has 0 saturated heterocycles. The molecule has 0 fully saturated rings. The van der Waals surface area contributed by atoms with Crippen LogP contribution in [0.3, 0.4) is 0 Å². The lowest BCUT2D eigenvalue weighted by molar-refractivity contribution is 0.828. The highest BCUT2D eigenvalue weighted by Gasteiger charge is 2.09. The van der Waals surface area contributed by atoms with Gasteiger partial charge in [0.05, 0.1) is 16.6 Å². The molecule has 0 radical (unpaired) electrons. The van der Waals surface area contributed by atoms with E-state index in [1.165, 1.54) is 15.8 Å². The van der Waals surface area contributed by atoms with Crippen LogP contribution in [0.4, 0.5) is 0 Å². The largest absolute Gasteiger partial charge is 0.257 e. The van der Waals surface area contributed by atoms with Crippen LogP contribution in [0.2, 0.25) is 0 Å². The van der Waals surface area contributed by atoms with Crippen LogP contribution in [0.15, 0.2) is 12.3 Å². The van der Waals surface area contributed by atoms with Gasteiger partial charge in [0.2, 0.25) is 0 Å². The van der Waals surface area contributed by atoms with Crippen LogP contribution in [-0.4, -0.2) is 9.36 Å². The minimum absolute atomic E-state index is 0.471. The fourth-order valence-corrected chi connectivity index (χ4v) is 2.21. The lowest BCUT2D eigenvalue weighted by atomic mass is 10.1. The monoisotopic (exact) mass is 192 g/mol. The van der Waals surface area contributed by atoms with Crippen LogP contribution in [0, 0.1) is 6.92 Å². The summed E-state index contributed by atoms with van der Waals surface area (Å²) in [6.07, 6.45) is 1.92. The predicted octanol–water partition coefficient (Wildman–Crippen LogP) is 3.12. The van der Waals surface area contributed by atoms with Crippen LogP contribution >= 0.6 is 11.5 Å². The summed E-state index contributed by atoms with van der Waals surface area (Å²) in [7, 11) is 0. The van der Waals surface area contributed by atoms with Crippen LogP contribution in [0.1, 0.15) is 31.2 Å². The molecule has 0 atom stereocenters. The summed E-state index contributed by atoms with van der Waals surface area (Å²) in [6.45, 7) is 6.36. The predicted molar refractivity (Wildman–Crippen MR) is 56.2 cm³/mol. The fraction of sp³-hybridized carbons (Fsp3) is 0.400. The Kier molecular flexibility index (Phi) is 2.04. The van der Waals surface area contributed by atoms with Gasteiger partial charge in [0.1, 0.15) is 0 Å². The first kappa shape index (κ1) is 8.63. The van der Waals surface area contributed by atoms with Gasteiger partial charge in [-0.3, -0.25) is 4.98 Å².